The van der Waals surface area contributed by atoms with Gasteiger partial charge in [-0.3, -0.25) is 9.78 Å². The second kappa shape index (κ2) is 6.88. The number of amides is 1. The number of phenols is 1. The standard InChI is InChI=1S/C18H11ClN2O4S2/c1-24-13-4-8(3-12(19)15(13)22)11-7-20-6-9-2-10(25-16(9)11)5-14-17(23)21-18(26)27-14/h2-7,22H,1H3,(H,21,23,26). The Morgan fingerprint density at radius 3 is 2.89 bits per heavy atom. The molecule has 1 saturated heterocycles. The van der Waals surface area contributed by atoms with Crippen molar-refractivity contribution in [1.82, 2.24) is 10.3 Å². The van der Waals surface area contributed by atoms with E-state index in [1.807, 2.05) is 0 Å². The number of pyridine rings is 1. The minimum Gasteiger partial charge on any atom is -0.503 e. The third-order valence-electron chi connectivity index (χ3n) is 3.92. The Hall–Kier alpha value is -2.55. The van der Waals surface area contributed by atoms with Gasteiger partial charge in [0, 0.05) is 29.4 Å². The van der Waals surface area contributed by atoms with E-state index in [1.165, 1.54) is 18.9 Å². The molecule has 136 valence electrons. The maximum absolute atomic E-state index is 11.8. The molecule has 1 amide bonds. The summed E-state index contributed by atoms with van der Waals surface area (Å²) < 4.78 is 11.5. The Labute approximate surface area is 168 Å². The van der Waals surface area contributed by atoms with Gasteiger partial charge < -0.3 is 19.6 Å². The van der Waals surface area contributed by atoms with Crippen molar-refractivity contribution in [2.24, 2.45) is 0 Å². The normalized spacial score (nSPS) is 15.6. The molecule has 27 heavy (non-hydrogen) atoms. The number of thiocarbonyl (C=S) groups is 1. The van der Waals surface area contributed by atoms with Crippen molar-refractivity contribution < 1.29 is 19.1 Å². The molecule has 0 atom stereocenters. The lowest BCUT2D eigenvalue weighted by Gasteiger charge is -2.09. The first kappa shape index (κ1) is 17.8. The molecule has 1 aliphatic rings. The number of carbonyl (C=O) groups excluding carboxylic acids is 1. The molecule has 1 aliphatic heterocycles. The van der Waals surface area contributed by atoms with E-state index in [4.69, 9.17) is 33.0 Å². The highest BCUT2D eigenvalue weighted by Crippen LogP contribution is 2.40. The average Bonchev–Trinajstić information content (AvgIpc) is 3.19. The number of phenolic OH excluding ortho intramolecular Hbond substituents is 1. The smallest absolute Gasteiger partial charge is 0.263 e. The zero-order chi connectivity index (χ0) is 19.1. The van der Waals surface area contributed by atoms with E-state index in [9.17, 15) is 9.90 Å². The average molecular weight is 419 g/mol. The summed E-state index contributed by atoms with van der Waals surface area (Å²) in [5.74, 6) is 0.362. The maximum atomic E-state index is 11.8. The summed E-state index contributed by atoms with van der Waals surface area (Å²) in [6.07, 6.45) is 4.93. The number of nitrogens with zero attached hydrogens (tertiary/aromatic N) is 1. The van der Waals surface area contributed by atoms with Crippen LogP contribution in [0, 0.1) is 0 Å². The number of aromatic nitrogens is 1. The first-order valence-electron chi connectivity index (χ1n) is 7.65. The van der Waals surface area contributed by atoms with Gasteiger partial charge >= 0.3 is 0 Å². The minimum absolute atomic E-state index is 0.131. The van der Waals surface area contributed by atoms with Gasteiger partial charge in [0.15, 0.2) is 11.5 Å². The summed E-state index contributed by atoms with van der Waals surface area (Å²) in [5.41, 5.74) is 1.93. The third kappa shape index (κ3) is 3.27. The second-order valence-corrected chi connectivity index (χ2v) is 7.74. The first-order chi connectivity index (χ1) is 13.0. The van der Waals surface area contributed by atoms with Crippen molar-refractivity contribution in [3.8, 4) is 22.6 Å². The molecular formula is C18H11ClN2O4S2. The molecule has 4 rings (SSSR count). The quantitative estimate of drug-likeness (QED) is 0.483. The fourth-order valence-electron chi connectivity index (χ4n) is 2.69. The molecule has 0 unspecified atom stereocenters. The molecule has 3 heterocycles. The largest absolute Gasteiger partial charge is 0.503 e. The number of hydrogen-bond donors (Lipinski definition) is 2. The molecule has 0 aliphatic carbocycles. The second-order valence-electron chi connectivity index (χ2n) is 5.62. The van der Waals surface area contributed by atoms with Crippen LogP contribution in [0.2, 0.25) is 5.02 Å². The van der Waals surface area contributed by atoms with Crippen molar-refractivity contribution in [2.75, 3.05) is 7.11 Å². The van der Waals surface area contributed by atoms with Crippen LogP contribution in [0.5, 0.6) is 11.5 Å². The Morgan fingerprint density at radius 2 is 2.19 bits per heavy atom. The van der Waals surface area contributed by atoms with Gasteiger partial charge in [0.2, 0.25) is 0 Å². The number of carbonyl (C=O) groups is 1. The summed E-state index contributed by atoms with van der Waals surface area (Å²) >= 11 is 12.3. The van der Waals surface area contributed by atoms with E-state index in [2.05, 4.69) is 10.3 Å². The van der Waals surface area contributed by atoms with E-state index in [1.54, 1.807) is 36.7 Å². The summed E-state index contributed by atoms with van der Waals surface area (Å²) in [4.78, 5) is 16.5. The van der Waals surface area contributed by atoms with Gasteiger partial charge in [0.1, 0.15) is 15.7 Å². The number of rotatable bonds is 3. The molecule has 0 bridgehead atoms. The number of thioether (sulfide) groups is 1. The van der Waals surface area contributed by atoms with Crippen molar-refractivity contribution in [3.63, 3.8) is 0 Å². The van der Waals surface area contributed by atoms with Crippen LogP contribution in [-0.4, -0.2) is 27.4 Å². The molecule has 1 aromatic carbocycles. The zero-order valence-electron chi connectivity index (χ0n) is 13.8. The number of hydrogen-bond acceptors (Lipinski definition) is 7. The SMILES string of the molecule is COc1cc(-c2cncc3cc(C=C4SC(=S)NC4=O)oc23)cc(Cl)c1O. The van der Waals surface area contributed by atoms with Crippen molar-refractivity contribution in [3.05, 3.63) is 46.3 Å². The number of furan rings is 1. The maximum Gasteiger partial charge on any atom is 0.263 e. The lowest BCUT2D eigenvalue weighted by Crippen LogP contribution is -2.17. The number of aromatic hydroxyl groups is 1. The van der Waals surface area contributed by atoms with Crippen LogP contribution < -0.4 is 10.1 Å². The molecule has 0 spiro atoms. The molecule has 3 aromatic rings. The molecule has 0 radical (unpaired) electrons. The minimum atomic E-state index is -0.251. The summed E-state index contributed by atoms with van der Waals surface area (Å²) in [7, 11) is 1.44. The first-order valence-corrected chi connectivity index (χ1v) is 9.26. The van der Waals surface area contributed by atoms with E-state index >= 15 is 0 Å². The van der Waals surface area contributed by atoms with E-state index in [-0.39, 0.29) is 22.4 Å². The third-order valence-corrected chi connectivity index (χ3v) is 5.37. The van der Waals surface area contributed by atoms with Crippen LogP contribution in [0.4, 0.5) is 0 Å². The Bertz CT molecular complexity index is 1140. The van der Waals surface area contributed by atoms with Crippen LogP contribution in [0.3, 0.4) is 0 Å². The van der Waals surface area contributed by atoms with Gasteiger partial charge in [-0.1, -0.05) is 35.6 Å². The lowest BCUT2D eigenvalue weighted by atomic mass is 10.1. The van der Waals surface area contributed by atoms with Crippen LogP contribution in [0.25, 0.3) is 28.2 Å². The molecule has 0 saturated carbocycles. The predicted molar refractivity (Wildman–Crippen MR) is 109 cm³/mol. The lowest BCUT2D eigenvalue weighted by molar-refractivity contribution is -0.115. The molecule has 9 heteroatoms. The molecule has 1 fully saturated rings. The van der Waals surface area contributed by atoms with E-state index < -0.39 is 0 Å². The van der Waals surface area contributed by atoms with Gasteiger partial charge in [0.05, 0.1) is 17.0 Å². The fourth-order valence-corrected chi connectivity index (χ4v) is 3.93. The van der Waals surface area contributed by atoms with Crippen LogP contribution in [0.15, 0.2) is 39.9 Å². The van der Waals surface area contributed by atoms with Gasteiger partial charge in [-0.2, -0.15) is 0 Å². The monoisotopic (exact) mass is 418 g/mol. The van der Waals surface area contributed by atoms with Gasteiger partial charge in [-0.05, 0) is 23.8 Å². The molecular weight excluding hydrogens is 408 g/mol. The predicted octanol–water partition coefficient (Wildman–Crippen LogP) is 4.35. The number of ether oxygens (including phenoxy) is 1. The summed E-state index contributed by atoms with van der Waals surface area (Å²) in [5, 5.41) is 13.4. The number of benzene rings is 1. The summed E-state index contributed by atoms with van der Waals surface area (Å²) in [6.45, 7) is 0. The molecule has 2 N–H and O–H groups in total. The number of halogens is 1. The fraction of sp³-hybridized carbons (Fsp3) is 0.0556. The Balaban J connectivity index is 1.83. The molecule has 2 aromatic heterocycles. The van der Waals surface area contributed by atoms with Crippen LogP contribution in [0.1, 0.15) is 5.76 Å². The van der Waals surface area contributed by atoms with Gasteiger partial charge in [0.25, 0.3) is 5.91 Å². The molecule has 6 nitrogen and oxygen atoms in total. The van der Waals surface area contributed by atoms with E-state index in [0.29, 0.717) is 31.7 Å². The Morgan fingerprint density at radius 1 is 1.37 bits per heavy atom. The number of fused-ring (bicyclic) bond motifs is 1. The van der Waals surface area contributed by atoms with Crippen molar-refractivity contribution >= 4 is 62.9 Å². The highest BCUT2D eigenvalue weighted by molar-refractivity contribution is 8.26. The van der Waals surface area contributed by atoms with Crippen molar-refractivity contribution in [1.29, 1.82) is 0 Å². The van der Waals surface area contributed by atoms with Crippen LogP contribution >= 0.6 is 35.6 Å². The summed E-state index contributed by atoms with van der Waals surface area (Å²) in [6, 6.07) is 5.04. The highest BCUT2D eigenvalue weighted by atomic mass is 35.5. The van der Waals surface area contributed by atoms with Gasteiger partial charge in [-0.15, -0.1) is 0 Å². The Kier molecular flexibility index (Phi) is 4.55. The van der Waals surface area contributed by atoms with E-state index in [0.717, 1.165) is 5.39 Å². The van der Waals surface area contributed by atoms with Crippen LogP contribution in [-0.2, 0) is 4.79 Å². The number of methoxy groups -OCH3 is 1. The number of nitrogens with one attached hydrogen (secondary N) is 1. The topological polar surface area (TPSA) is 84.6 Å². The van der Waals surface area contributed by atoms with Gasteiger partial charge in [-0.25, -0.2) is 0 Å². The van der Waals surface area contributed by atoms with Crippen molar-refractivity contribution in [2.45, 2.75) is 0 Å². The zero-order valence-corrected chi connectivity index (χ0v) is 16.2. The highest BCUT2D eigenvalue weighted by Gasteiger charge is 2.23.